The van der Waals surface area contributed by atoms with Gasteiger partial charge in [0.25, 0.3) is 0 Å². The molecule has 0 spiro atoms. The van der Waals surface area contributed by atoms with Crippen molar-refractivity contribution in [3.8, 4) is 0 Å². The standard InChI is InChI=1S/C33H66O2/c1-6-9-11-13-15-17-18-19-20-21-22-24-26-28-31(30(4)5)33(8-3,32(34)35)29-27-25-23-16-14-12-10-7-2/h30-31H,6-29H2,1-5H3,(H,34,35). The van der Waals surface area contributed by atoms with Gasteiger partial charge >= 0.3 is 5.97 Å². The number of rotatable bonds is 27. The first kappa shape index (κ1) is 34.5. The highest BCUT2D eigenvalue weighted by molar-refractivity contribution is 5.75. The van der Waals surface area contributed by atoms with Crippen LogP contribution in [0, 0.1) is 17.3 Å². The Kier molecular flexibility index (Phi) is 23.5. The van der Waals surface area contributed by atoms with E-state index in [0.29, 0.717) is 11.8 Å². The maximum atomic E-state index is 12.6. The van der Waals surface area contributed by atoms with Crippen LogP contribution in [0.1, 0.15) is 189 Å². The Balaban J connectivity index is 4.24. The molecule has 2 unspecified atom stereocenters. The van der Waals surface area contributed by atoms with Crippen LogP contribution in [-0.2, 0) is 4.79 Å². The van der Waals surface area contributed by atoms with E-state index in [1.165, 1.54) is 128 Å². The van der Waals surface area contributed by atoms with E-state index in [4.69, 9.17) is 0 Å². The Morgan fingerprint density at radius 2 is 0.914 bits per heavy atom. The number of hydrogen-bond acceptors (Lipinski definition) is 1. The predicted molar refractivity (Wildman–Crippen MR) is 156 cm³/mol. The predicted octanol–water partition coefficient (Wildman–Crippen LogP) is 11.8. The molecule has 0 aliphatic carbocycles. The zero-order valence-electron chi connectivity index (χ0n) is 25.0. The maximum absolute atomic E-state index is 12.6. The normalized spacial score (nSPS) is 14.3. The average molecular weight is 495 g/mol. The summed E-state index contributed by atoms with van der Waals surface area (Å²) in [6.45, 7) is 11.2. The third-order valence-electron chi connectivity index (χ3n) is 8.67. The van der Waals surface area contributed by atoms with Gasteiger partial charge in [-0.05, 0) is 31.1 Å². The summed E-state index contributed by atoms with van der Waals surface area (Å²) in [5.74, 6) is 0.219. The van der Waals surface area contributed by atoms with Crippen LogP contribution in [0.2, 0.25) is 0 Å². The molecular weight excluding hydrogens is 428 g/mol. The van der Waals surface area contributed by atoms with E-state index in [9.17, 15) is 9.90 Å². The summed E-state index contributed by atoms with van der Waals surface area (Å²) in [5.41, 5.74) is -0.520. The minimum Gasteiger partial charge on any atom is -0.481 e. The van der Waals surface area contributed by atoms with Gasteiger partial charge in [0.15, 0.2) is 0 Å². The summed E-state index contributed by atoms with van der Waals surface area (Å²) < 4.78 is 0. The van der Waals surface area contributed by atoms with Crippen molar-refractivity contribution in [2.45, 2.75) is 189 Å². The van der Waals surface area contributed by atoms with E-state index >= 15 is 0 Å². The van der Waals surface area contributed by atoms with Crippen molar-refractivity contribution >= 4 is 5.97 Å². The molecule has 2 nitrogen and oxygen atoms in total. The van der Waals surface area contributed by atoms with Gasteiger partial charge in [0.05, 0.1) is 5.41 Å². The lowest BCUT2D eigenvalue weighted by molar-refractivity contribution is -0.155. The van der Waals surface area contributed by atoms with Crippen molar-refractivity contribution in [3.63, 3.8) is 0 Å². The topological polar surface area (TPSA) is 37.3 Å². The molecule has 0 saturated heterocycles. The van der Waals surface area contributed by atoms with Gasteiger partial charge in [-0.15, -0.1) is 0 Å². The quantitative estimate of drug-likeness (QED) is 0.115. The third kappa shape index (κ3) is 16.8. The molecule has 0 aliphatic rings. The minimum atomic E-state index is -0.531. The first-order chi connectivity index (χ1) is 17.0. The number of hydrogen-bond donors (Lipinski definition) is 1. The molecule has 0 heterocycles. The van der Waals surface area contributed by atoms with Crippen molar-refractivity contribution in [2.75, 3.05) is 0 Å². The monoisotopic (exact) mass is 495 g/mol. The highest BCUT2D eigenvalue weighted by Crippen LogP contribution is 2.44. The molecule has 2 atom stereocenters. The van der Waals surface area contributed by atoms with Crippen LogP contribution in [0.25, 0.3) is 0 Å². The molecule has 0 amide bonds. The lowest BCUT2D eigenvalue weighted by atomic mass is 9.64. The Morgan fingerprint density at radius 3 is 1.23 bits per heavy atom. The first-order valence-electron chi connectivity index (χ1n) is 16.2. The van der Waals surface area contributed by atoms with Gasteiger partial charge in [0.1, 0.15) is 0 Å². The SMILES string of the molecule is CCCCCCCCCCCCCCCC(C(C)C)C(CC)(CCCCCCCCCC)C(=O)O. The average Bonchev–Trinajstić information content (AvgIpc) is 2.84. The Labute approximate surface area is 221 Å². The number of carboxylic acid groups (broad SMARTS) is 1. The second-order valence-electron chi connectivity index (χ2n) is 11.9. The van der Waals surface area contributed by atoms with Crippen molar-refractivity contribution < 1.29 is 9.90 Å². The number of aliphatic carboxylic acids is 1. The van der Waals surface area contributed by atoms with Gasteiger partial charge in [-0.25, -0.2) is 0 Å². The van der Waals surface area contributed by atoms with Gasteiger partial charge in [-0.2, -0.15) is 0 Å². The summed E-state index contributed by atoms with van der Waals surface area (Å²) >= 11 is 0. The summed E-state index contributed by atoms with van der Waals surface area (Å²) in [6, 6.07) is 0. The fraction of sp³-hybridized carbons (Fsp3) is 0.970. The fourth-order valence-corrected chi connectivity index (χ4v) is 6.25. The lowest BCUT2D eigenvalue weighted by Crippen LogP contribution is -2.41. The van der Waals surface area contributed by atoms with E-state index in [-0.39, 0.29) is 0 Å². The molecule has 2 heteroatoms. The summed E-state index contributed by atoms with van der Waals surface area (Å²) in [4.78, 5) is 12.6. The van der Waals surface area contributed by atoms with Gasteiger partial charge < -0.3 is 5.11 Å². The Morgan fingerprint density at radius 1 is 0.571 bits per heavy atom. The fourth-order valence-electron chi connectivity index (χ4n) is 6.25. The molecule has 0 fully saturated rings. The molecule has 0 aliphatic heterocycles. The van der Waals surface area contributed by atoms with Crippen molar-refractivity contribution in [3.05, 3.63) is 0 Å². The molecule has 0 bridgehead atoms. The summed E-state index contributed by atoms with van der Waals surface area (Å²) in [7, 11) is 0. The second-order valence-corrected chi connectivity index (χ2v) is 11.9. The van der Waals surface area contributed by atoms with Crippen LogP contribution in [-0.4, -0.2) is 11.1 Å². The van der Waals surface area contributed by atoms with E-state index in [1.54, 1.807) is 0 Å². The second kappa shape index (κ2) is 23.8. The molecule has 0 saturated carbocycles. The van der Waals surface area contributed by atoms with Crippen LogP contribution < -0.4 is 0 Å². The lowest BCUT2D eigenvalue weighted by Gasteiger charge is -2.39. The third-order valence-corrected chi connectivity index (χ3v) is 8.67. The molecule has 0 aromatic heterocycles. The summed E-state index contributed by atoms with van der Waals surface area (Å²) in [6.07, 6.45) is 30.8. The van der Waals surface area contributed by atoms with Crippen molar-refractivity contribution in [1.82, 2.24) is 0 Å². The van der Waals surface area contributed by atoms with E-state index in [2.05, 4.69) is 34.6 Å². The minimum absolute atomic E-state index is 0.308. The number of unbranched alkanes of at least 4 members (excludes halogenated alkanes) is 19. The molecule has 35 heavy (non-hydrogen) atoms. The van der Waals surface area contributed by atoms with Crippen molar-refractivity contribution in [2.24, 2.45) is 17.3 Å². The van der Waals surface area contributed by atoms with Crippen LogP contribution in [0.3, 0.4) is 0 Å². The largest absolute Gasteiger partial charge is 0.481 e. The smallest absolute Gasteiger partial charge is 0.309 e. The molecule has 0 radical (unpaired) electrons. The highest BCUT2D eigenvalue weighted by atomic mass is 16.4. The van der Waals surface area contributed by atoms with Crippen molar-refractivity contribution in [1.29, 1.82) is 0 Å². The van der Waals surface area contributed by atoms with Crippen LogP contribution in [0.4, 0.5) is 0 Å². The molecule has 0 aromatic rings. The van der Waals surface area contributed by atoms with Crippen LogP contribution in [0.15, 0.2) is 0 Å². The van der Waals surface area contributed by atoms with E-state index in [0.717, 1.165) is 25.7 Å². The van der Waals surface area contributed by atoms with Crippen LogP contribution >= 0.6 is 0 Å². The molecular formula is C33H66O2. The van der Waals surface area contributed by atoms with Gasteiger partial charge in [-0.3, -0.25) is 4.79 Å². The Hall–Kier alpha value is -0.530. The van der Waals surface area contributed by atoms with Gasteiger partial charge in [0.2, 0.25) is 0 Å². The number of carboxylic acids is 1. The molecule has 0 aromatic carbocycles. The zero-order chi connectivity index (χ0) is 26.2. The molecule has 1 N–H and O–H groups in total. The van der Waals surface area contributed by atoms with E-state index in [1.807, 2.05) is 0 Å². The van der Waals surface area contributed by atoms with Gasteiger partial charge in [0, 0.05) is 0 Å². The Bertz CT molecular complexity index is 458. The first-order valence-corrected chi connectivity index (χ1v) is 16.2. The van der Waals surface area contributed by atoms with Gasteiger partial charge in [-0.1, -0.05) is 169 Å². The number of carbonyl (C=O) groups is 1. The highest BCUT2D eigenvalue weighted by Gasteiger charge is 2.44. The maximum Gasteiger partial charge on any atom is 0.309 e. The summed E-state index contributed by atoms with van der Waals surface area (Å²) in [5, 5.41) is 10.3. The van der Waals surface area contributed by atoms with E-state index < -0.39 is 11.4 Å². The molecule has 0 rings (SSSR count). The van der Waals surface area contributed by atoms with Crippen LogP contribution in [0.5, 0.6) is 0 Å². The zero-order valence-corrected chi connectivity index (χ0v) is 25.0. The molecule has 210 valence electrons.